The fraction of sp³-hybridized carbons (Fsp3) is 0.604. The van der Waals surface area contributed by atoms with Crippen LogP contribution in [0, 0.1) is 0 Å². The van der Waals surface area contributed by atoms with Crippen LogP contribution in [0.15, 0.2) is 122 Å². The van der Waals surface area contributed by atoms with Crippen LogP contribution < -0.4 is 0 Å². The molecule has 322 valence electrons. The van der Waals surface area contributed by atoms with E-state index in [2.05, 4.69) is 135 Å². The van der Waals surface area contributed by atoms with Gasteiger partial charge in [-0.25, -0.2) is 0 Å². The van der Waals surface area contributed by atoms with Crippen molar-refractivity contribution in [1.82, 2.24) is 0 Å². The lowest BCUT2D eigenvalue weighted by Gasteiger charge is -2.15. The molecular weight excluding hydrogens is 701 g/mol. The van der Waals surface area contributed by atoms with E-state index in [1.165, 1.54) is 57.8 Å². The lowest BCUT2D eigenvalue weighted by molar-refractivity contribution is -0.154. The number of esters is 1. The first kappa shape index (κ1) is 53.8. The topological polar surface area (TPSA) is 55.8 Å². The van der Waals surface area contributed by atoms with Crippen molar-refractivity contribution in [3.05, 3.63) is 122 Å². The summed E-state index contributed by atoms with van der Waals surface area (Å²) in [6, 6.07) is 0. The molecule has 0 radical (unpaired) electrons. The molecule has 0 rings (SSSR count). The number of ether oxygens (including phenoxy) is 2. The number of aliphatic hydroxyl groups is 1. The van der Waals surface area contributed by atoms with Gasteiger partial charge in [0.05, 0.1) is 13.2 Å². The number of allylic oxidation sites excluding steroid dienone is 20. The zero-order valence-corrected chi connectivity index (χ0v) is 36.8. The third kappa shape index (κ3) is 47.1. The lowest BCUT2D eigenvalue weighted by Crippen LogP contribution is -2.27. The van der Waals surface area contributed by atoms with E-state index in [1.807, 2.05) is 0 Å². The molecular formula is C53H86O4. The van der Waals surface area contributed by atoms with Crippen molar-refractivity contribution in [3.8, 4) is 0 Å². The minimum atomic E-state index is -0.565. The van der Waals surface area contributed by atoms with Crippen LogP contribution >= 0.6 is 0 Å². The molecule has 4 nitrogen and oxygen atoms in total. The number of hydrogen-bond donors (Lipinski definition) is 1. The van der Waals surface area contributed by atoms with Crippen LogP contribution in [0.2, 0.25) is 0 Å². The van der Waals surface area contributed by atoms with Gasteiger partial charge in [0, 0.05) is 13.0 Å². The van der Waals surface area contributed by atoms with Gasteiger partial charge in [0.15, 0.2) is 0 Å². The highest BCUT2D eigenvalue weighted by atomic mass is 16.6. The van der Waals surface area contributed by atoms with Crippen molar-refractivity contribution in [2.45, 2.75) is 187 Å². The van der Waals surface area contributed by atoms with Crippen LogP contribution in [0.3, 0.4) is 0 Å². The molecule has 4 heteroatoms. The minimum Gasteiger partial charge on any atom is -0.457 e. The summed E-state index contributed by atoms with van der Waals surface area (Å²) < 4.78 is 11.1. The van der Waals surface area contributed by atoms with Crippen molar-refractivity contribution in [3.63, 3.8) is 0 Å². The number of unbranched alkanes of at least 4 members (excludes halogenated alkanes) is 13. The number of rotatable bonds is 41. The van der Waals surface area contributed by atoms with Crippen molar-refractivity contribution < 1.29 is 19.4 Å². The average molecular weight is 787 g/mol. The van der Waals surface area contributed by atoms with E-state index in [0.717, 1.165) is 103 Å². The first-order valence-corrected chi connectivity index (χ1v) is 23.1. The predicted molar refractivity (Wildman–Crippen MR) is 251 cm³/mol. The molecule has 0 aliphatic carbocycles. The molecule has 0 aromatic carbocycles. The number of carbonyl (C=O) groups excluding carboxylic acids is 1. The third-order valence-corrected chi connectivity index (χ3v) is 9.27. The van der Waals surface area contributed by atoms with Gasteiger partial charge in [-0.05, 0) is 109 Å². The highest BCUT2D eigenvalue weighted by Crippen LogP contribution is 2.11. The second kappa shape index (κ2) is 48.9. The van der Waals surface area contributed by atoms with E-state index in [1.54, 1.807) is 0 Å². The van der Waals surface area contributed by atoms with Gasteiger partial charge in [0.2, 0.25) is 0 Å². The first-order valence-electron chi connectivity index (χ1n) is 23.1. The van der Waals surface area contributed by atoms with E-state index < -0.39 is 6.10 Å². The Morgan fingerprint density at radius 1 is 0.439 bits per heavy atom. The second-order valence-electron chi connectivity index (χ2n) is 14.7. The zero-order chi connectivity index (χ0) is 41.2. The summed E-state index contributed by atoms with van der Waals surface area (Å²) in [5.74, 6) is -0.228. The summed E-state index contributed by atoms with van der Waals surface area (Å²) >= 11 is 0. The van der Waals surface area contributed by atoms with Crippen molar-refractivity contribution in [1.29, 1.82) is 0 Å². The van der Waals surface area contributed by atoms with Gasteiger partial charge in [-0.2, -0.15) is 0 Å². The maximum atomic E-state index is 12.2. The molecule has 0 heterocycles. The molecule has 0 bridgehead atoms. The van der Waals surface area contributed by atoms with Crippen LogP contribution in [0.25, 0.3) is 0 Å². The quantitative estimate of drug-likeness (QED) is 0.0381. The number of aliphatic hydroxyl groups excluding tert-OH is 1. The normalized spacial score (nSPS) is 13.5. The van der Waals surface area contributed by atoms with Crippen LogP contribution in [-0.4, -0.2) is 37.0 Å². The Labute approximate surface area is 352 Å². The van der Waals surface area contributed by atoms with Crippen LogP contribution in [0.4, 0.5) is 0 Å². The summed E-state index contributed by atoms with van der Waals surface area (Å²) in [7, 11) is 0. The standard InChI is InChI=1S/C53H86O4/c1-3-5-7-9-11-13-15-17-19-21-23-24-25-26-27-28-29-31-33-35-37-39-41-43-45-47-49-56-51-52(50-54)57-53(55)48-46-44-42-40-38-36-34-32-30-22-20-18-16-14-12-10-8-6-4-2/h5,7,11-14,17-20,23-24,26-27,29-32,35,37,52,54H,3-4,6,8-10,15-16,21-22,25,28,33-34,36,38-51H2,1-2H3/b7-5-,13-11-,14-12-,19-17-,20-18-,24-23-,27-26-,31-29-,32-30-,37-35-. The Balaban J connectivity index is 3.59. The Morgan fingerprint density at radius 3 is 1.19 bits per heavy atom. The maximum absolute atomic E-state index is 12.2. The van der Waals surface area contributed by atoms with E-state index in [4.69, 9.17) is 9.47 Å². The summed E-state index contributed by atoms with van der Waals surface area (Å²) in [4.78, 5) is 12.2. The van der Waals surface area contributed by atoms with Crippen molar-refractivity contribution in [2.75, 3.05) is 19.8 Å². The second-order valence-corrected chi connectivity index (χ2v) is 14.7. The SMILES string of the molecule is CC/C=C\C/C=C\C/C=C\C/C=C\C/C=C\C/C=C\C/C=C\CCCCCCOCC(CO)OC(=O)CCCCCCCC/C=C\C/C=C\C/C=C\CCCCC. The van der Waals surface area contributed by atoms with E-state index >= 15 is 0 Å². The van der Waals surface area contributed by atoms with Gasteiger partial charge in [-0.15, -0.1) is 0 Å². The Morgan fingerprint density at radius 2 is 0.789 bits per heavy atom. The highest BCUT2D eigenvalue weighted by molar-refractivity contribution is 5.69. The molecule has 1 N–H and O–H groups in total. The largest absolute Gasteiger partial charge is 0.457 e. The zero-order valence-electron chi connectivity index (χ0n) is 36.8. The molecule has 1 unspecified atom stereocenters. The molecule has 0 aliphatic rings. The summed E-state index contributed by atoms with van der Waals surface area (Å²) in [5, 5.41) is 9.62. The molecule has 0 amide bonds. The molecule has 0 saturated carbocycles. The Bertz CT molecular complexity index is 1150. The van der Waals surface area contributed by atoms with Gasteiger partial charge in [-0.3, -0.25) is 4.79 Å². The first-order chi connectivity index (χ1) is 28.2. The number of carbonyl (C=O) groups is 1. The van der Waals surface area contributed by atoms with Gasteiger partial charge in [-0.1, -0.05) is 187 Å². The average Bonchev–Trinajstić information content (AvgIpc) is 3.22. The van der Waals surface area contributed by atoms with Gasteiger partial charge in [0.25, 0.3) is 0 Å². The molecule has 0 aromatic rings. The van der Waals surface area contributed by atoms with Gasteiger partial charge in [0.1, 0.15) is 6.10 Å². The Kier molecular flexibility index (Phi) is 46.2. The predicted octanol–water partition coefficient (Wildman–Crippen LogP) is 15.7. The summed E-state index contributed by atoms with van der Waals surface area (Å²) in [6.45, 7) is 5.11. The molecule has 0 saturated heterocycles. The smallest absolute Gasteiger partial charge is 0.306 e. The van der Waals surface area contributed by atoms with E-state index in [-0.39, 0.29) is 19.2 Å². The van der Waals surface area contributed by atoms with Gasteiger partial charge >= 0.3 is 5.97 Å². The number of hydrogen-bond acceptors (Lipinski definition) is 4. The van der Waals surface area contributed by atoms with E-state index in [0.29, 0.717) is 13.0 Å². The maximum Gasteiger partial charge on any atom is 0.306 e. The molecule has 0 fully saturated rings. The van der Waals surface area contributed by atoms with Crippen LogP contribution in [0.5, 0.6) is 0 Å². The molecule has 57 heavy (non-hydrogen) atoms. The fourth-order valence-corrected chi connectivity index (χ4v) is 5.84. The molecule has 0 aliphatic heterocycles. The van der Waals surface area contributed by atoms with Crippen molar-refractivity contribution >= 4 is 5.97 Å². The monoisotopic (exact) mass is 787 g/mol. The minimum absolute atomic E-state index is 0.197. The summed E-state index contributed by atoms with van der Waals surface area (Å²) in [5.41, 5.74) is 0. The van der Waals surface area contributed by atoms with Gasteiger partial charge < -0.3 is 14.6 Å². The van der Waals surface area contributed by atoms with E-state index in [9.17, 15) is 9.90 Å². The third-order valence-electron chi connectivity index (χ3n) is 9.27. The highest BCUT2D eigenvalue weighted by Gasteiger charge is 2.13. The van der Waals surface area contributed by atoms with Crippen LogP contribution in [0.1, 0.15) is 181 Å². The molecule has 0 spiro atoms. The molecule has 1 atom stereocenters. The fourth-order valence-electron chi connectivity index (χ4n) is 5.84. The Hall–Kier alpha value is -3.21. The van der Waals surface area contributed by atoms with Crippen molar-refractivity contribution in [2.24, 2.45) is 0 Å². The molecule has 0 aromatic heterocycles. The lowest BCUT2D eigenvalue weighted by atomic mass is 10.1. The van der Waals surface area contributed by atoms with Crippen LogP contribution in [-0.2, 0) is 14.3 Å². The summed E-state index contributed by atoms with van der Waals surface area (Å²) in [6.07, 6.45) is 72.6.